The summed E-state index contributed by atoms with van der Waals surface area (Å²) < 4.78 is 17.1. The van der Waals surface area contributed by atoms with Gasteiger partial charge in [0.05, 0.1) is 11.1 Å². The van der Waals surface area contributed by atoms with E-state index in [0.29, 0.717) is 41.7 Å². The highest BCUT2D eigenvalue weighted by Gasteiger charge is 2.26. The van der Waals surface area contributed by atoms with Gasteiger partial charge in [-0.1, -0.05) is 6.07 Å². The van der Waals surface area contributed by atoms with Crippen LogP contribution in [0.2, 0.25) is 0 Å². The lowest BCUT2D eigenvalue weighted by Crippen LogP contribution is -2.40. The van der Waals surface area contributed by atoms with Crippen LogP contribution in [-0.2, 0) is 0 Å². The Balaban J connectivity index is 1.31. The zero-order valence-electron chi connectivity index (χ0n) is 15.4. The van der Waals surface area contributed by atoms with E-state index >= 15 is 0 Å². The minimum absolute atomic E-state index is 0.0646. The molecule has 1 amide bonds. The third-order valence-corrected chi connectivity index (χ3v) is 4.97. The Morgan fingerprint density at radius 2 is 1.96 bits per heavy atom. The lowest BCUT2D eigenvalue weighted by molar-refractivity contribution is 0.0880. The topological polar surface area (TPSA) is 93.5 Å². The second-order valence-electron chi connectivity index (χ2n) is 6.89. The molecule has 2 aliphatic rings. The maximum Gasteiger partial charge on any atom is 0.255 e. The highest BCUT2D eigenvalue weighted by atomic mass is 16.6. The molecule has 144 valence electrons. The summed E-state index contributed by atoms with van der Waals surface area (Å²) in [6, 6.07) is 10.9. The van der Waals surface area contributed by atoms with Crippen LogP contribution < -0.4 is 19.5 Å². The number of amides is 1. The average molecular weight is 379 g/mol. The van der Waals surface area contributed by atoms with Crippen molar-refractivity contribution >= 4 is 5.91 Å². The number of aromatic nitrogens is 1. The standard InChI is InChI=1S/C21H21N3O4/c22-12-14-4-9-19(23-13-14)28-16-7-5-15(6-8-16)24-21(25)17-2-1-3-18-20(17)27-11-10-26-18/h1-4,9,13,15-16H,5-8,10-11H2,(H,24,25). The van der Waals surface area contributed by atoms with Crippen molar-refractivity contribution in [1.82, 2.24) is 10.3 Å². The molecule has 2 aromatic rings. The predicted octanol–water partition coefficient (Wildman–Crippen LogP) is 2.84. The smallest absolute Gasteiger partial charge is 0.255 e. The highest BCUT2D eigenvalue weighted by Crippen LogP contribution is 2.34. The Morgan fingerprint density at radius 3 is 2.71 bits per heavy atom. The van der Waals surface area contributed by atoms with Gasteiger partial charge in [-0.05, 0) is 43.9 Å². The molecule has 1 aromatic carbocycles. The summed E-state index contributed by atoms with van der Waals surface area (Å²) >= 11 is 0. The first-order valence-electron chi connectivity index (χ1n) is 9.45. The van der Waals surface area contributed by atoms with Gasteiger partial charge in [0.25, 0.3) is 5.91 Å². The second-order valence-corrected chi connectivity index (χ2v) is 6.89. The Bertz CT molecular complexity index is 884. The van der Waals surface area contributed by atoms with Crippen LogP contribution >= 0.6 is 0 Å². The Morgan fingerprint density at radius 1 is 1.14 bits per heavy atom. The molecule has 4 rings (SSSR count). The predicted molar refractivity (Wildman–Crippen MR) is 101 cm³/mol. The molecule has 0 unspecified atom stereocenters. The van der Waals surface area contributed by atoms with E-state index in [1.54, 1.807) is 24.3 Å². The van der Waals surface area contributed by atoms with Crippen LogP contribution in [0, 0.1) is 11.3 Å². The van der Waals surface area contributed by atoms with Crippen molar-refractivity contribution in [2.75, 3.05) is 13.2 Å². The third-order valence-electron chi connectivity index (χ3n) is 4.97. The second kappa shape index (κ2) is 8.17. The van der Waals surface area contributed by atoms with Crippen molar-refractivity contribution in [2.24, 2.45) is 0 Å². The van der Waals surface area contributed by atoms with Crippen molar-refractivity contribution in [1.29, 1.82) is 5.26 Å². The number of rotatable bonds is 4. The van der Waals surface area contributed by atoms with Gasteiger partial charge in [0.15, 0.2) is 11.5 Å². The van der Waals surface area contributed by atoms with Gasteiger partial charge in [-0.3, -0.25) is 4.79 Å². The van der Waals surface area contributed by atoms with Gasteiger partial charge in [0.1, 0.15) is 25.4 Å². The van der Waals surface area contributed by atoms with E-state index in [1.807, 2.05) is 12.1 Å². The van der Waals surface area contributed by atoms with E-state index in [1.165, 1.54) is 6.20 Å². The van der Waals surface area contributed by atoms with Gasteiger partial charge in [0.2, 0.25) is 5.88 Å². The van der Waals surface area contributed by atoms with Crippen LogP contribution in [0.15, 0.2) is 36.5 Å². The van der Waals surface area contributed by atoms with Crippen LogP contribution in [0.4, 0.5) is 0 Å². The number of pyridine rings is 1. The molecular weight excluding hydrogens is 358 g/mol. The van der Waals surface area contributed by atoms with Crippen molar-refractivity contribution in [2.45, 2.75) is 37.8 Å². The average Bonchev–Trinajstić information content (AvgIpc) is 2.75. The Labute approximate surface area is 163 Å². The molecule has 1 saturated carbocycles. The van der Waals surface area contributed by atoms with Crippen molar-refractivity contribution < 1.29 is 19.0 Å². The van der Waals surface area contributed by atoms with E-state index in [-0.39, 0.29) is 18.1 Å². The summed E-state index contributed by atoms with van der Waals surface area (Å²) in [4.78, 5) is 16.9. The SMILES string of the molecule is N#Cc1ccc(OC2CCC(NC(=O)c3cccc4c3OCCO4)CC2)nc1. The number of nitriles is 1. The summed E-state index contributed by atoms with van der Waals surface area (Å²) in [5.74, 6) is 1.53. The number of hydrogen-bond donors (Lipinski definition) is 1. The lowest BCUT2D eigenvalue weighted by Gasteiger charge is -2.29. The van der Waals surface area contributed by atoms with Crippen LogP contribution in [0.3, 0.4) is 0 Å². The molecule has 0 radical (unpaired) electrons. The molecule has 7 heteroatoms. The Hall–Kier alpha value is -3.27. The van der Waals surface area contributed by atoms with E-state index in [0.717, 1.165) is 25.7 Å². The minimum Gasteiger partial charge on any atom is -0.486 e. The molecule has 0 atom stereocenters. The largest absolute Gasteiger partial charge is 0.486 e. The molecule has 0 bridgehead atoms. The van der Waals surface area contributed by atoms with Crippen LogP contribution in [-0.4, -0.2) is 36.3 Å². The minimum atomic E-state index is -0.138. The normalized spacial score (nSPS) is 20.7. The molecule has 7 nitrogen and oxygen atoms in total. The summed E-state index contributed by atoms with van der Waals surface area (Å²) in [7, 11) is 0. The zero-order valence-corrected chi connectivity index (χ0v) is 15.4. The van der Waals surface area contributed by atoms with E-state index in [9.17, 15) is 4.79 Å². The van der Waals surface area contributed by atoms with Crippen LogP contribution in [0.1, 0.15) is 41.6 Å². The fourth-order valence-corrected chi connectivity index (χ4v) is 3.53. The molecule has 1 aliphatic heterocycles. The summed E-state index contributed by atoms with van der Waals surface area (Å²) in [5, 5.41) is 11.9. The number of benzene rings is 1. The molecule has 28 heavy (non-hydrogen) atoms. The number of fused-ring (bicyclic) bond motifs is 1. The molecule has 0 saturated heterocycles. The molecule has 1 N–H and O–H groups in total. The molecule has 1 fully saturated rings. The van der Waals surface area contributed by atoms with E-state index in [4.69, 9.17) is 19.5 Å². The zero-order chi connectivity index (χ0) is 19.3. The fraction of sp³-hybridized carbons (Fsp3) is 0.381. The van der Waals surface area contributed by atoms with Crippen molar-refractivity contribution in [3.8, 4) is 23.4 Å². The van der Waals surface area contributed by atoms with Crippen LogP contribution in [0.5, 0.6) is 17.4 Å². The number of carbonyl (C=O) groups is 1. The molecule has 1 aromatic heterocycles. The summed E-state index contributed by atoms with van der Waals surface area (Å²) in [5.41, 5.74) is 1.02. The fourth-order valence-electron chi connectivity index (χ4n) is 3.53. The maximum atomic E-state index is 12.7. The first-order chi connectivity index (χ1) is 13.7. The number of ether oxygens (including phenoxy) is 3. The number of nitrogens with zero attached hydrogens (tertiary/aromatic N) is 2. The van der Waals surface area contributed by atoms with Gasteiger partial charge in [-0.25, -0.2) is 4.98 Å². The van der Waals surface area contributed by atoms with Gasteiger partial charge in [-0.15, -0.1) is 0 Å². The highest BCUT2D eigenvalue weighted by molar-refractivity contribution is 5.98. The first-order valence-corrected chi connectivity index (χ1v) is 9.45. The monoisotopic (exact) mass is 379 g/mol. The Kier molecular flexibility index (Phi) is 5.29. The summed E-state index contributed by atoms with van der Waals surface area (Å²) in [6.45, 7) is 0.944. The molecule has 1 aliphatic carbocycles. The number of nitrogens with one attached hydrogen (secondary N) is 1. The van der Waals surface area contributed by atoms with Gasteiger partial charge in [0, 0.05) is 18.3 Å². The number of carbonyl (C=O) groups excluding carboxylic acids is 1. The maximum absolute atomic E-state index is 12.7. The van der Waals surface area contributed by atoms with Crippen molar-refractivity contribution in [3.63, 3.8) is 0 Å². The number of hydrogen-bond acceptors (Lipinski definition) is 6. The summed E-state index contributed by atoms with van der Waals surface area (Å²) in [6.07, 6.45) is 4.90. The molecule has 2 heterocycles. The first kappa shape index (κ1) is 18.1. The quantitative estimate of drug-likeness (QED) is 0.878. The van der Waals surface area contributed by atoms with Gasteiger partial charge in [-0.2, -0.15) is 5.26 Å². The van der Waals surface area contributed by atoms with Gasteiger partial charge < -0.3 is 19.5 Å². The van der Waals surface area contributed by atoms with Gasteiger partial charge >= 0.3 is 0 Å². The lowest BCUT2D eigenvalue weighted by atomic mass is 9.92. The van der Waals surface area contributed by atoms with Crippen molar-refractivity contribution in [3.05, 3.63) is 47.7 Å². The van der Waals surface area contributed by atoms with Crippen LogP contribution in [0.25, 0.3) is 0 Å². The molecule has 0 spiro atoms. The van der Waals surface area contributed by atoms with E-state index in [2.05, 4.69) is 10.3 Å². The third kappa shape index (κ3) is 4.01. The number of para-hydroxylation sites is 1. The molecular formula is C21H21N3O4. The van der Waals surface area contributed by atoms with E-state index < -0.39 is 0 Å².